The van der Waals surface area contributed by atoms with Gasteiger partial charge in [0.05, 0.1) is 12.5 Å². The van der Waals surface area contributed by atoms with E-state index in [0.29, 0.717) is 5.56 Å². The van der Waals surface area contributed by atoms with Crippen LogP contribution in [0.2, 0.25) is 0 Å². The summed E-state index contributed by atoms with van der Waals surface area (Å²) >= 11 is 3.88. The Labute approximate surface area is 202 Å². The molecule has 34 heavy (non-hydrogen) atoms. The Morgan fingerprint density at radius 3 is 1.97 bits per heavy atom. The van der Waals surface area contributed by atoms with Gasteiger partial charge in [-0.3, -0.25) is 19.2 Å². The minimum absolute atomic E-state index is 0.0488. The Bertz CT molecular complexity index is 894. The number of rotatable bonds is 13. The summed E-state index contributed by atoms with van der Waals surface area (Å²) in [6, 6.07) is 1.11. The molecule has 0 saturated heterocycles. The summed E-state index contributed by atoms with van der Waals surface area (Å²) in [7, 11) is 0. The molecule has 0 aliphatic rings. The van der Waals surface area contributed by atoms with Gasteiger partial charge in [0.2, 0.25) is 23.6 Å². The quantitative estimate of drug-likeness (QED) is 0.146. The first kappa shape index (κ1) is 28.7. The molecule has 4 unspecified atom stereocenters. The lowest BCUT2D eigenvalue weighted by Gasteiger charge is -2.26. The number of nitrogens with one attached hydrogen (secondary N) is 3. The topological polar surface area (TPSA) is 214 Å². The van der Waals surface area contributed by atoms with Crippen molar-refractivity contribution < 1.29 is 34.2 Å². The van der Waals surface area contributed by atoms with Crippen LogP contribution < -0.4 is 27.4 Å². The number of carboxylic acids is 1. The van der Waals surface area contributed by atoms with Crippen molar-refractivity contribution in [1.82, 2.24) is 16.0 Å². The number of carbonyl (C=O) groups excluding carboxylic acids is 4. The second-order valence-electron chi connectivity index (χ2n) is 8.02. The molecule has 1 rings (SSSR count). The highest BCUT2D eigenvalue weighted by Gasteiger charge is 2.32. The maximum absolute atomic E-state index is 12.8. The molecular weight excluding hydrogens is 466 g/mol. The van der Waals surface area contributed by atoms with Crippen molar-refractivity contribution in [2.24, 2.45) is 17.4 Å². The van der Waals surface area contributed by atoms with Crippen molar-refractivity contribution in [2.75, 3.05) is 5.75 Å². The highest BCUT2D eigenvalue weighted by Crippen LogP contribution is 2.11. The molecule has 0 radical (unpaired) electrons. The molecule has 1 aromatic carbocycles. The molecule has 0 aliphatic carbocycles. The van der Waals surface area contributed by atoms with E-state index in [-0.39, 0.29) is 17.9 Å². The first-order valence-corrected chi connectivity index (χ1v) is 11.1. The zero-order chi connectivity index (χ0) is 26.0. The maximum atomic E-state index is 12.8. The number of aromatic hydroxyl groups is 1. The van der Waals surface area contributed by atoms with Gasteiger partial charge in [-0.25, -0.2) is 4.79 Å². The molecule has 9 N–H and O–H groups in total. The van der Waals surface area contributed by atoms with Gasteiger partial charge in [0, 0.05) is 5.75 Å². The summed E-state index contributed by atoms with van der Waals surface area (Å²) in [5.41, 5.74) is 11.8. The van der Waals surface area contributed by atoms with Crippen LogP contribution in [-0.2, 0) is 30.4 Å². The number of aliphatic carboxylic acids is 1. The summed E-state index contributed by atoms with van der Waals surface area (Å²) in [6.07, 6.45) is -0.460. The molecule has 0 fully saturated rings. The van der Waals surface area contributed by atoms with E-state index in [4.69, 9.17) is 16.6 Å². The summed E-state index contributed by atoms with van der Waals surface area (Å²) in [4.78, 5) is 60.6. The Balaban J connectivity index is 2.91. The average molecular weight is 498 g/mol. The second kappa shape index (κ2) is 13.4. The molecule has 188 valence electrons. The Morgan fingerprint density at radius 1 is 0.941 bits per heavy atom. The Kier molecular flexibility index (Phi) is 11.3. The van der Waals surface area contributed by atoms with E-state index in [9.17, 15) is 29.1 Å². The number of phenols is 1. The van der Waals surface area contributed by atoms with E-state index in [1.54, 1.807) is 26.0 Å². The number of carbonyl (C=O) groups is 5. The van der Waals surface area contributed by atoms with Crippen LogP contribution >= 0.6 is 12.6 Å². The number of primary amides is 1. The number of hydrogen-bond acceptors (Lipinski definition) is 8. The number of hydrogen-bond donors (Lipinski definition) is 8. The van der Waals surface area contributed by atoms with Gasteiger partial charge < -0.3 is 37.6 Å². The summed E-state index contributed by atoms with van der Waals surface area (Å²) in [5, 5.41) is 25.5. The standard InChI is InChI=1S/C21H31N5O7S/c1-10(2)17(20(31)25-15(9-34)21(32)33)26-19(30)14(8-16(23)28)24-18(29)13(22)7-11-3-5-12(27)6-4-11/h3-6,10,13-15,17,27,34H,7-9,22H2,1-2H3,(H2,23,28)(H,24,29)(H,25,31)(H,26,30)(H,32,33). The van der Waals surface area contributed by atoms with E-state index >= 15 is 0 Å². The van der Waals surface area contributed by atoms with Crippen LogP contribution in [0, 0.1) is 5.92 Å². The molecule has 12 nitrogen and oxygen atoms in total. The number of thiol groups is 1. The Hall–Kier alpha value is -3.32. The van der Waals surface area contributed by atoms with Gasteiger partial charge in [-0.05, 0) is 30.0 Å². The lowest BCUT2D eigenvalue weighted by molar-refractivity contribution is -0.142. The first-order chi connectivity index (χ1) is 15.8. The van der Waals surface area contributed by atoms with E-state index < -0.39 is 66.1 Å². The van der Waals surface area contributed by atoms with Crippen molar-refractivity contribution in [1.29, 1.82) is 0 Å². The average Bonchev–Trinajstić information content (AvgIpc) is 2.75. The molecule has 1 aromatic rings. The summed E-state index contributed by atoms with van der Waals surface area (Å²) in [5.74, 6) is -5.11. The third-order valence-corrected chi connectivity index (χ3v) is 5.18. The fraction of sp³-hybridized carbons (Fsp3) is 0.476. The van der Waals surface area contributed by atoms with Crippen LogP contribution in [0.15, 0.2) is 24.3 Å². The molecule has 0 bridgehead atoms. The van der Waals surface area contributed by atoms with Crippen LogP contribution in [-0.4, -0.2) is 69.7 Å². The molecule has 0 aliphatic heterocycles. The smallest absolute Gasteiger partial charge is 0.327 e. The third-order valence-electron chi connectivity index (χ3n) is 4.81. The minimum Gasteiger partial charge on any atom is -0.508 e. The fourth-order valence-corrected chi connectivity index (χ4v) is 3.15. The molecular formula is C21H31N5O7S. The number of phenolic OH excluding ortho intramolecular Hbond substituents is 1. The van der Waals surface area contributed by atoms with Crippen molar-refractivity contribution in [3.8, 4) is 5.75 Å². The molecule has 4 amide bonds. The van der Waals surface area contributed by atoms with Gasteiger partial charge in [0.1, 0.15) is 23.9 Å². The van der Waals surface area contributed by atoms with Gasteiger partial charge in [0.15, 0.2) is 0 Å². The van der Waals surface area contributed by atoms with Crippen molar-refractivity contribution in [3.63, 3.8) is 0 Å². The van der Waals surface area contributed by atoms with Gasteiger partial charge in [-0.15, -0.1) is 0 Å². The molecule has 0 spiro atoms. The first-order valence-electron chi connectivity index (χ1n) is 10.4. The van der Waals surface area contributed by atoms with Gasteiger partial charge in [0.25, 0.3) is 0 Å². The monoisotopic (exact) mass is 497 g/mol. The van der Waals surface area contributed by atoms with Crippen molar-refractivity contribution in [3.05, 3.63) is 29.8 Å². The van der Waals surface area contributed by atoms with Gasteiger partial charge in [-0.1, -0.05) is 26.0 Å². The van der Waals surface area contributed by atoms with Crippen LogP contribution in [0.25, 0.3) is 0 Å². The number of carboxylic acid groups (broad SMARTS) is 1. The SMILES string of the molecule is CC(C)C(NC(=O)C(CC(N)=O)NC(=O)C(N)Cc1ccc(O)cc1)C(=O)NC(CS)C(=O)O. The Morgan fingerprint density at radius 2 is 1.50 bits per heavy atom. The maximum Gasteiger partial charge on any atom is 0.327 e. The number of amides is 4. The molecule has 0 saturated carbocycles. The predicted octanol–water partition coefficient (Wildman–Crippen LogP) is -1.74. The van der Waals surface area contributed by atoms with Crippen LogP contribution in [0.5, 0.6) is 5.75 Å². The highest BCUT2D eigenvalue weighted by atomic mass is 32.1. The fourth-order valence-electron chi connectivity index (χ4n) is 2.90. The summed E-state index contributed by atoms with van der Waals surface area (Å²) < 4.78 is 0. The lowest BCUT2D eigenvalue weighted by Crippen LogP contribution is -2.59. The highest BCUT2D eigenvalue weighted by molar-refractivity contribution is 7.80. The van der Waals surface area contributed by atoms with Crippen LogP contribution in [0.1, 0.15) is 25.8 Å². The molecule has 4 atom stereocenters. The van der Waals surface area contributed by atoms with E-state index in [1.165, 1.54) is 12.1 Å². The van der Waals surface area contributed by atoms with Crippen LogP contribution in [0.4, 0.5) is 0 Å². The second-order valence-corrected chi connectivity index (χ2v) is 8.39. The van der Waals surface area contributed by atoms with E-state index in [2.05, 4.69) is 28.6 Å². The van der Waals surface area contributed by atoms with Gasteiger partial charge in [-0.2, -0.15) is 12.6 Å². The molecule has 0 aromatic heterocycles. The summed E-state index contributed by atoms with van der Waals surface area (Å²) in [6.45, 7) is 3.24. The number of nitrogens with two attached hydrogens (primary N) is 2. The van der Waals surface area contributed by atoms with Crippen molar-refractivity contribution >= 4 is 42.2 Å². The molecule has 13 heteroatoms. The number of benzene rings is 1. The largest absolute Gasteiger partial charge is 0.508 e. The lowest BCUT2D eigenvalue weighted by atomic mass is 10.0. The molecule has 0 heterocycles. The third kappa shape index (κ3) is 9.27. The van der Waals surface area contributed by atoms with Crippen molar-refractivity contribution in [2.45, 2.75) is 50.9 Å². The zero-order valence-corrected chi connectivity index (χ0v) is 19.7. The minimum atomic E-state index is -1.41. The predicted molar refractivity (Wildman–Crippen MR) is 126 cm³/mol. The normalized spacial score (nSPS) is 14.4. The van der Waals surface area contributed by atoms with E-state index in [1.807, 2.05) is 0 Å². The van der Waals surface area contributed by atoms with Gasteiger partial charge >= 0.3 is 5.97 Å². The van der Waals surface area contributed by atoms with E-state index in [0.717, 1.165) is 0 Å². The zero-order valence-electron chi connectivity index (χ0n) is 18.9. The van der Waals surface area contributed by atoms with Crippen LogP contribution in [0.3, 0.4) is 0 Å².